The van der Waals surface area contributed by atoms with Gasteiger partial charge in [0.05, 0.1) is 30.7 Å². The van der Waals surface area contributed by atoms with Crippen molar-refractivity contribution in [3.8, 4) is 0 Å². The first-order valence-corrected chi connectivity index (χ1v) is 13.8. The minimum Gasteiger partial charge on any atom is -0.329 e. The Balaban J connectivity index is 1.73. The van der Waals surface area contributed by atoms with Crippen molar-refractivity contribution in [2.45, 2.75) is 30.9 Å². The standard InChI is InChI=1S/C29H28ClN3O3S/c1-3-16-32(28(34)24-14-9-15-26(30)17-24)20-27-18-31-29(33(27)19-23-11-5-4-6-12-23)37(35,36)21-25-13-8-7-10-22(25)2/h3-15,17-18H,1,16,19-21H2,2H3. The summed E-state index contributed by atoms with van der Waals surface area (Å²) in [7, 11) is -3.78. The fourth-order valence-corrected chi connectivity index (χ4v) is 5.90. The van der Waals surface area contributed by atoms with Crippen LogP contribution in [0.1, 0.15) is 32.7 Å². The highest BCUT2D eigenvalue weighted by Crippen LogP contribution is 2.22. The van der Waals surface area contributed by atoms with Gasteiger partial charge in [-0.15, -0.1) is 6.58 Å². The van der Waals surface area contributed by atoms with Crippen molar-refractivity contribution >= 4 is 27.3 Å². The first-order chi connectivity index (χ1) is 17.8. The number of carbonyl (C=O) groups is 1. The molecule has 0 unspecified atom stereocenters. The molecule has 0 saturated heterocycles. The van der Waals surface area contributed by atoms with Crippen LogP contribution in [0.15, 0.2) is 103 Å². The summed E-state index contributed by atoms with van der Waals surface area (Å²) in [5.41, 5.74) is 3.59. The number of benzene rings is 3. The van der Waals surface area contributed by atoms with E-state index in [9.17, 15) is 13.2 Å². The van der Waals surface area contributed by atoms with E-state index in [1.165, 1.54) is 6.20 Å². The number of imidazole rings is 1. The van der Waals surface area contributed by atoms with Crippen LogP contribution in [0.2, 0.25) is 5.02 Å². The smallest absolute Gasteiger partial charge is 0.254 e. The van der Waals surface area contributed by atoms with Gasteiger partial charge < -0.3 is 9.47 Å². The lowest BCUT2D eigenvalue weighted by Gasteiger charge is -2.22. The van der Waals surface area contributed by atoms with Crippen molar-refractivity contribution in [1.82, 2.24) is 14.5 Å². The number of nitrogens with zero attached hydrogens (tertiary/aromatic N) is 3. The highest BCUT2D eigenvalue weighted by molar-refractivity contribution is 7.90. The van der Waals surface area contributed by atoms with Gasteiger partial charge in [0.1, 0.15) is 0 Å². The number of aryl methyl sites for hydroxylation is 1. The van der Waals surface area contributed by atoms with Crippen molar-refractivity contribution in [2.24, 2.45) is 0 Å². The third-order valence-corrected chi connectivity index (χ3v) is 7.84. The minimum absolute atomic E-state index is 0.0247. The van der Waals surface area contributed by atoms with Crippen LogP contribution in [0.4, 0.5) is 0 Å². The zero-order valence-electron chi connectivity index (χ0n) is 20.5. The topological polar surface area (TPSA) is 72.3 Å². The number of hydrogen-bond donors (Lipinski definition) is 0. The molecule has 0 atom stereocenters. The SMILES string of the molecule is C=CCN(Cc1cnc(S(=O)(=O)Cc2ccccc2C)n1Cc1ccccc1)C(=O)c1cccc(Cl)c1. The summed E-state index contributed by atoms with van der Waals surface area (Å²) < 4.78 is 28.9. The average molecular weight is 534 g/mol. The van der Waals surface area contributed by atoms with Gasteiger partial charge in [-0.05, 0) is 41.8 Å². The summed E-state index contributed by atoms with van der Waals surface area (Å²) in [5.74, 6) is -0.401. The summed E-state index contributed by atoms with van der Waals surface area (Å²) >= 11 is 6.11. The summed E-state index contributed by atoms with van der Waals surface area (Å²) in [6.45, 7) is 6.40. The van der Waals surface area contributed by atoms with Crippen LogP contribution in [-0.4, -0.2) is 35.3 Å². The van der Waals surface area contributed by atoms with Gasteiger partial charge >= 0.3 is 0 Å². The molecule has 0 aliphatic carbocycles. The number of halogens is 1. The molecule has 4 aromatic rings. The van der Waals surface area contributed by atoms with E-state index in [4.69, 9.17) is 11.6 Å². The number of amides is 1. The van der Waals surface area contributed by atoms with E-state index in [1.807, 2.05) is 61.5 Å². The summed E-state index contributed by atoms with van der Waals surface area (Å²) in [6, 6.07) is 23.7. The molecule has 190 valence electrons. The van der Waals surface area contributed by atoms with E-state index in [0.717, 1.165) is 16.7 Å². The molecule has 6 nitrogen and oxygen atoms in total. The maximum atomic E-state index is 13.6. The predicted octanol–water partition coefficient (Wildman–Crippen LogP) is 5.70. The molecule has 1 aromatic heterocycles. The molecule has 4 rings (SSSR count). The quantitative estimate of drug-likeness (QED) is 0.245. The van der Waals surface area contributed by atoms with E-state index in [1.54, 1.807) is 39.8 Å². The zero-order valence-corrected chi connectivity index (χ0v) is 22.1. The molecule has 0 fully saturated rings. The van der Waals surface area contributed by atoms with E-state index in [-0.39, 0.29) is 29.9 Å². The second-order valence-electron chi connectivity index (χ2n) is 8.77. The van der Waals surface area contributed by atoms with E-state index in [2.05, 4.69) is 11.6 Å². The third-order valence-electron chi connectivity index (χ3n) is 6.03. The predicted molar refractivity (Wildman–Crippen MR) is 146 cm³/mol. The Morgan fingerprint density at radius 3 is 2.49 bits per heavy atom. The Bertz CT molecular complexity index is 1510. The van der Waals surface area contributed by atoms with Gasteiger partial charge in [-0.25, -0.2) is 13.4 Å². The zero-order chi connectivity index (χ0) is 26.4. The third kappa shape index (κ3) is 6.37. The fourth-order valence-electron chi connectivity index (χ4n) is 4.12. The maximum absolute atomic E-state index is 13.6. The molecule has 0 aliphatic heterocycles. The van der Waals surface area contributed by atoms with Gasteiger partial charge in [0.2, 0.25) is 15.0 Å². The van der Waals surface area contributed by atoms with Gasteiger partial charge in [0.15, 0.2) is 0 Å². The highest BCUT2D eigenvalue weighted by atomic mass is 35.5. The van der Waals surface area contributed by atoms with E-state index < -0.39 is 9.84 Å². The van der Waals surface area contributed by atoms with Crippen LogP contribution in [-0.2, 0) is 28.7 Å². The molecule has 8 heteroatoms. The molecule has 37 heavy (non-hydrogen) atoms. The van der Waals surface area contributed by atoms with Crippen LogP contribution < -0.4 is 0 Å². The van der Waals surface area contributed by atoms with Crippen molar-refractivity contribution in [2.75, 3.05) is 6.54 Å². The molecule has 1 amide bonds. The number of hydrogen-bond acceptors (Lipinski definition) is 4. The number of carbonyl (C=O) groups excluding carboxylic acids is 1. The number of aromatic nitrogens is 2. The lowest BCUT2D eigenvalue weighted by molar-refractivity contribution is 0.0759. The monoisotopic (exact) mass is 533 g/mol. The number of rotatable bonds is 10. The Kier molecular flexibility index (Phi) is 8.26. The number of sulfone groups is 1. The van der Waals surface area contributed by atoms with E-state index in [0.29, 0.717) is 22.8 Å². The Labute approximate surface area is 222 Å². The molecular weight excluding hydrogens is 506 g/mol. The van der Waals surface area contributed by atoms with Crippen molar-refractivity contribution < 1.29 is 13.2 Å². The molecule has 0 radical (unpaired) electrons. The van der Waals surface area contributed by atoms with Crippen molar-refractivity contribution in [3.63, 3.8) is 0 Å². The van der Waals surface area contributed by atoms with Gasteiger partial charge in [-0.2, -0.15) is 0 Å². The average Bonchev–Trinajstić information content (AvgIpc) is 3.28. The maximum Gasteiger partial charge on any atom is 0.254 e. The van der Waals surface area contributed by atoms with Crippen LogP contribution >= 0.6 is 11.6 Å². The lowest BCUT2D eigenvalue weighted by atomic mass is 10.1. The molecule has 0 bridgehead atoms. The van der Waals surface area contributed by atoms with Crippen LogP contribution in [0, 0.1) is 6.92 Å². The molecule has 0 aliphatic rings. The molecule has 1 heterocycles. The molecule has 0 saturated carbocycles. The summed E-state index contributed by atoms with van der Waals surface area (Å²) in [5, 5.41) is 0.437. The van der Waals surface area contributed by atoms with Gasteiger partial charge in [-0.3, -0.25) is 4.79 Å². The fraction of sp³-hybridized carbons (Fsp3) is 0.172. The van der Waals surface area contributed by atoms with Crippen LogP contribution in [0.25, 0.3) is 0 Å². The van der Waals surface area contributed by atoms with Gasteiger partial charge in [-0.1, -0.05) is 78.3 Å². The summed E-state index contributed by atoms with van der Waals surface area (Å²) in [6.07, 6.45) is 3.17. The Hall–Kier alpha value is -3.68. The van der Waals surface area contributed by atoms with Crippen LogP contribution in [0.3, 0.4) is 0 Å². The van der Waals surface area contributed by atoms with E-state index >= 15 is 0 Å². The van der Waals surface area contributed by atoms with Gasteiger partial charge in [0.25, 0.3) is 5.91 Å². The summed E-state index contributed by atoms with van der Waals surface area (Å²) in [4.78, 5) is 19.3. The molecule has 3 aromatic carbocycles. The second-order valence-corrected chi connectivity index (χ2v) is 11.1. The highest BCUT2D eigenvalue weighted by Gasteiger charge is 2.26. The Morgan fingerprint density at radius 1 is 1.05 bits per heavy atom. The normalized spacial score (nSPS) is 11.3. The van der Waals surface area contributed by atoms with Gasteiger partial charge in [0, 0.05) is 17.1 Å². The second kappa shape index (κ2) is 11.6. The first-order valence-electron chi connectivity index (χ1n) is 11.8. The Morgan fingerprint density at radius 2 is 1.78 bits per heavy atom. The largest absolute Gasteiger partial charge is 0.329 e. The first kappa shape index (κ1) is 26.4. The minimum atomic E-state index is -3.78. The van der Waals surface area contributed by atoms with Crippen molar-refractivity contribution in [3.05, 3.63) is 131 Å². The molecular formula is C29H28ClN3O3S. The lowest BCUT2D eigenvalue weighted by Crippen LogP contribution is -2.32. The molecule has 0 spiro atoms. The van der Waals surface area contributed by atoms with Crippen LogP contribution in [0.5, 0.6) is 0 Å². The molecule has 0 N–H and O–H groups in total. The van der Waals surface area contributed by atoms with Crippen molar-refractivity contribution in [1.29, 1.82) is 0 Å².